The van der Waals surface area contributed by atoms with Gasteiger partial charge < -0.3 is 15.5 Å². The molecule has 2 N–H and O–H groups in total. The van der Waals surface area contributed by atoms with E-state index in [0.29, 0.717) is 38.1 Å². The van der Waals surface area contributed by atoms with Crippen molar-refractivity contribution in [3.05, 3.63) is 64.2 Å². The van der Waals surface area contributed by atoms with Crippen LogP contribution in [0.4, 0.5) is 30.2 Å². The summed E-state index contributed by atoms with van der Waals surface area (Å²) in [5.41, 5.74) is -0.796. The first kappa shape index (κ1) is 25.8. The predicted octanol–water partition coefficient (Wildman–Crippen LogP) is 5.62. The highest BCUT2D eigenvalue weighted by molar-refractivity contribution is 5.78. The van der Waals surface area contributed by atoms with E-state index in [2.05, 4.69) is 27.7 Å². The summed E-state index contributed by atoms with van der Waals surface area (Å²) in [5, 5.41) is 17.1. The number of benzene rings is 2. The van der Waals surface area contributed by atoms with Crippen molar-refractivity contribution in [2.24, 2.45) is 11.8 Å². The number of nitro groups is 1. The molecule has 1 saturated carbocycles. The molecule has 1 saturated heterocycles. The molecule has 1 aliphatic carbocycles. The molecule has 2 aliphatic rings. The zero-order valence-electron chi connectivity index (χ0n) is 20.0. The van der Waals surface area contributed by atoms with E-state index in [1.807, 2.05) is 18.2 Å². The number of carbonyl (C=O) groups is 1. The molecular weight excluding hydrogens is 473 g/mol. The summed E-state index contributed by atoms with van der Waals surface area (Å²) in [6.45, 7) is 2.61. The minimum Gasteiger partial charge on any atom is -0.382 e. The van der Waals surface area contributed by atoms with Gasteiger partial charge in [-0.15, -0.1) is 0 Å². The Hall–Kier alpha value is -3.30. The standard InChI is InChI=1S/C26H31F3N4O3/c27-26(28,29)23-16-21(10-11-24(23)33(35)36)31-20-8-6-19(7-9-20)25(34)30-17-18-12-14-32(15-13-18)22-4-2-1-3-5-22/h1-5,10-11,16,18-20,31H,6-9,12-15,17H2,(H,30,34). The summed E-state index contributed by atoms with van der Waals surface area (Å²) >= 11 is 0. The number of alkyl halides is 3. The molecule has 2 aromatic rings. The average molecular weight is 505 g/mol. The van der Waals surface area contributed by atoms with Crippen LogP contribution in [0.15, 0.2) is 48.5 Å². The van der Waals surface area contributed by atoms with Crippen molar-refractivity contribution in [2.75, 3.05) is 29.9 Å². The second kappa shape index (κ2) is 11.2. The molecule has 7 nitrogen and oxygen atoms in total. The van der Waals surface area contributed by atoms with Crippen molar-refractivity contribution in [3.8, 4) is 0 Å². The number of amides is 1. The van der Waals surface area contributed by atoms with Crippen LogP contribution in [0.5, 0.6) is 0 Å². The highest BCUT2D eigenvalue weighted by Gasteiger charge is 2.38. The van der Waals surface area contributed by atoms with Crippen LogP contribution in [-0.4, -0.2) is 36.5 Å². The van der Waals surface area contributed by atoms with E-state index in [4.69, 9.17) is 0 Å². The van der Waals surface area contributed by atoms with Crippen molar-refractivity contribution < 1.29 is 22.9 Å². The normalized spacial score (nSPS) is 21.1. The Morgan fingerprint density at radius 3 is 2.28 bits per heavy atom. The Bertz CT molecular complexity index is 1050. The maximum Gasteiger partial charge on any atom is 0.423 e. The van der Waals surface area contributed by atoms with Crippen molar-refractivity contribution in [3.63, 3.8) is 0 Å². The van der Waals surface area contributed by atoms with Gasteiger partial charge in [0.2, 0.25) is 5.91 Å². The van der Waals surface area contributed by atoms with Gasteiger partial charge in [0.1, 0.15) is 5.56 Å². The van der Waals surface area contributed by atoms with Crippen LogP contribution in [0.2, 0.25) is 0 Å². The number of rotatable bonds is 7. The Labute approximate surface area is 208 Å². The molecule has 0 aromatic heterocycles. The highest BCUT2D eigenvalue weighted by Crippen LogP contribution is 2.38. The van der Waals surface area contributed by atoms with Crippen LogP contribution in [0.1, 0.15) is 44.1 Å². The van der Waals surface area contributed by atoms with Crippen molar-refractivity contribution in [1.82, 2.24) is 5.32 Å². The third kappa shape index (κ3) is 6.47. The number of hydrogen-bond donors (Lipinski definition) is 2. The third-order valence-corrected chi connectivity index (χ3v) is 7.27. The summed E-state index contributed by atoms with van der Waals surface area (Å²) in [6, 6.07) is 13.2. The second-order valence-electron chi connectivity index (χ2n) is 9.69. The maximum atomic E-state index is 13.2. The molecule has 10 heteroatoms. The average Bonchev–Trinajstić information content (AvgIpc) is 2.88. The Morgan fingerprint density at radius 1 is 1.00 bits per heavy atom. The van der Waals surface area contributed by atoms with Gasteiger partial charge in [-0.25, -0.2) is 0 Å². The number of nitrogens with zero attached hydrogens (tertiary/aromatic N) is 2. The zero-order chi connectivity index (χ0) is 25.7. The number of para-hydroxylation sites is 1. The molecule has 36 heavy (non-hydrogen) atoms. The fourth-order valence-corrected chi connectivity index (χ4v) is 5.17. The van der Waals surface area contributed by atoms with Crippen molar-refractivity contribution >= 4 is 23.0 Å². The van der Waals surface area contributed by atoms with E-state index in [0.717, 1.165) is 38.1 Å². The molecule has 0 bridgehead atoms. The van der Waals surface area contributed by atoms with E-state index >= 15 is 0 Å². The van der Waals surface area contributed by atoms with Gasteiger partial charge in [0.15, 0.2) is 0 Å². The summed E-state index contributed by atoms with van der Waals surface area (Å²) in [7, 11) is 0. The summed E-state index contributed by atoms with van der Waals surface area (Å²) in [5.74, 6) is 0.403. The van der Waals surface area contributed by atoms with Crippen LogP contribution in [0.3, 0.4) is 0 Å². The number of nitrogens with one attached hydrogen (secondary N) is 2. The molecule has 0 atom stereocenters. The highest BCUT2D eigenvalue weighted by atomic mass is 19.4. The quantitative estimate of drug-likeness (QED) is 0.378. The molecule has 1 aliphatic heterocycles. The smallest absolute Gasteiger partial charge is 0.382 e. The molecule has 2 fully saturated rings. The lowest BCUT2D eigenvalue weighted by Gasteiger charge is -2.34. The van der Waals surface area contributed by atoms with E-state index in [1.165, 1.54) is 11.8 Å². The first-order chi connectivity index (χ1) is 17.2. The molecule has 4 rings (SSSR count). The number of halogens is 3. The summed E-state index contributed by atoms with van der Waals surface area (Å²) < 4.78 is 39.7. The second-order valence-corrected chi connectivity index (χ2v) is 9.69. The molecule has 0 radical (unpaired) electrons. The minimum absolute atomic E-state index is 0.0497. The van der Waals surface area contributed by atoms with E-state index in [9.17, 15) is 28.1 Å². The third-order valence-electron chi connectivity index (χ3n) is 7.27. The van der Waals surface area contributed by atoms with Crippen LogP contribution < -0.4 is 15.5 Å². The lowest BCUT2D eigenvalue weighted by molar-refractivity contribution is -0.388. The molecule has 1 amide bonds. The van der Waals surface area contributed by atoms with E-state index < -0.39 is 22.4 Å². The Balaban J connectivity index is 1.21. The number of piperidine rings is 1. The van der Waals surface area contributed by atoms with Crippen LogP contribution in [-0.2, 0) is 11.0 Å². The van der Waals surface area contributed by atoms with E-state index in [1.54, 1.807) is 0 Å². The number of carbonyl (C=O) groups excluding carboxylic acids is 1. The molecule has 0 unspecified atom stereocenters. The zero-order valence-corrected chi connectivity index (χ0v) is 20.0. The maximum absolute atomic E-state index is 13.2. The number of nitro benzene ring substituents is 1. The van der Waals surface area contributed by atoms with Gasteiger partial charge >= 0.3 is 6.18 Å². The molecule has 2 aromatic carbocycles. The van der Waals surface area contributed by atoms with Crippen LogP contribution in [0, 0.1) is 22.0 Å². The van der Waals surface area contributed by atoms with Gasteiger partial charge in [0.25, 0.3) is 5.69 Å². The van der Waals surface area contributed by atoms with Gasteiger partial charge in [0, 0.05) is 49.0 Å². The number of hydrogen-bond acceptors (Lipinski definition) is 5. The van der Waals surface area contributed by atoms with Gasteiger partial charge in [0.05, 0.1) is 4.92 Å². The number of anilines is 2. The van der Waals surface area contributed by atoms with Crippen LogP contribution >= 0.6 is 0 Å². The summed E-state index contributed by atoms with van der Waals surface area (Å²) in [6.07, 6.45) is -0.169. The van der Waals surface area contributed by atoms with Gasteiger partial charge in [-0.2, -0.15) is 13.2 Å². The Kier molecular flexibility index (Phi) is 8.01. The Morgan fingerprint density at radius 2 is 1.67 bits per heavy atom. The van der Waals surface area contributed by atoms with Gasteiger partial charge in [-0.1, -0.05) is 18.2 Å². The monoisotopic (exact) mass is 504 g/mol. The van der Waals surface area contributed by atoms with Gasteiger partial charge in [-0.3, -0.25) is 14.9 Å². The molecule has 1 heterocycles. The molecule has 0 spiro atoms. The lowest BCUT2D eigenvalue weighted by Crippen LogP contribution is -2.41. The molecular formula is C26H31F3N4O3. The lowest BCUT2D eigenvalue weighted by atomic mass is 9.85. The largest absolute Gasteiger partial charge is 0.423 e. The van der Waals surface area contributed by atoms with Crippen LogP contribution in [0.25, 0.3) is 0 Å². The topological polar surface area (TPSA) is 87.5 Å². The van der Waals surface area contributed by atoms with Crippen molar-refractivity contribution in [1.29, 1.82) is 0 Å². The SMILES string of the molecule is O=C(NCC1CCN(c2ccccc2)CC1)C1CCC(Nc2ccc([N+](=O)[O-])c(C(F)(F)F)c2)CC1. The summed E-state index contributed by atoms with van der Waals surface area (Å²) in [4.78, 5) is 25.0. The van der Waals surface area contributed by atoms with E-state index in [-0.39, 0.29) is 23.6 Å². The fourth-order valence-electron chi connectivity index (χ4n) is 5.17. The molecule has 194 valence electrons. The first-order valence-corrected chi connectivity index (χ1v) is 12.4. The first-order valence-electron chi connectivity index (χ1n) is 12.4. The van der Waals surface area contributed by atoms with Gasteiger partial charge in [-0.05, 0) is 68.7 Å². The van der Waals surface area contributed by atoms with Crippen molar-refractivity contribution in [2.45, 2.75) is 50.7 Å². The minimum atomic E-state index is -4.81. The fraction of sp³-hybridized carbons (Fsp3) is 0.500. The predicted molar refractivity (Wildman–Crippen MR) is 132 cm³/mol.